The highest BCUT2D eigenvalue weighted by Gasteiger charge is 2.13. The molecule has 0 bridgehead atoms. The first kappa shape index (κ1) is 15.8. The molecule has 0 aliphatic carbocycles. The van der Waals surface area contributed by atoms with Gasteiger partial charge in [-0.05, 0) is 26.0 Å². The molecule has 0 aliphatic heterocycles. The van der Waals surface area contributed by atoms with Gasteiger partial charge in [0.2, 0.25) is 5.95 Å². The molecule has 7 heteroatoms. The summed E-state index contributed by atoms with van der Waals surface area (Å²) in [5.74, 6) is 1.18. The lowest BCUT2D eigenvalue weighted by molar-refractivity contribution is 0.101. The lowest BCUT2D eigenvalue weighted by atomic mass is 10.2. The quantitative estimate of drug-likeness (QED) is 0.667. The second-order valence-electron chi connectivity index (χ2n) is 5.50. The van der Waals surface area contributed by atoms with E-state index in [1.165, 1.54) is 6.92 Å². The van der Waals surface area contributed by atoms with Crippen molar-refractivity contribution in [1.82, 2.24) is 20.1 Å². The molecule has 3 rings (SSSR count). The van der Waals surface area contributed by atoms with E-state index >= 15 is 0 Å². The topological polar surface area (TPSA) is 85.0 Å². The Labute approximate surface area is 139 Å². The Morgan fingerprint density at radius 3 is 2.71 bits per heavy atom. The molecule has 0 atom stereocenters. The number of anilines is 1. The monoisotopic (exact) mass is 323 g/mol. The third-order valence-corrected chi connectivity index (χ3v) is 3.62. The van der Waals surface area contributed by atoms with Gasteiger partial charge in [0, 0.05) is 37.3 Å². The maximum absolute atomic E-state index is 11.5. The van der Waals surface area contributed by atoms with Crippen molar-refractivity contribution in [3.8, 4) is 11.3 Å². The van der Waals surface area contributed by atoms with Crippen LogP contribution < -0.4 is 4.90 Å². The van der Waals surface area contributed by atoms with Gasteiger partial charge < -0.3 is 9.42 Å². The summed E-state index contributed by atoms with van der Waals surface area (Å²) in [6.07, 6.45) is 4.98. The van der Waals surface area contributed by atoms with Crippen LogP contribution in [0.15, 0.2) is 41.3 Å². The van der Waals surface area contributed by atoms with Gasteiger partial charge in [0.05, 0.1) is 17.8 Å². The first-order valence-corrected chi connectivity index (χ1v) is 7.46. The molecule has 0 saturated heterocycles. The van der Waals surface area contributed by atoms with E-state index < -0.39 is 0 Å². The predicted octanol–water partition coefficient (Wildman–Crippen LogP) is 2.67. The minimum atomic E-state index is -0.0427. The van der Waals surface area contributed by atoms with Crippen LogP contribution in [0.5, 0.6) is 0 Å². The van der Waals surface area contributed by atoms with E-state index in [-0.39, 0.29) is 5.78 Å². The molecule has 0 N–H and O–H groups in total. The van der Waals surface area contributed by atoms with Gasteiger partial charge >= 0.3 is 0 Å². The van der Waals surface area contributed by atoms with Crippen molar-refractivity contribution in [1.29, 1.82) is 0 Å². The van der Waals surface area contributed by atoms with Crippen molar-refractivity contribution in [2.24, 2.45) is 0 Å². The van der Waals surface area contributed by atoms with Crippen molar-refractivity contribution >= 4 is 11.7 Å². The van der Waals surface area contributed by atoms with Gasteiger partial charge in [-0.2, -0.15) is 0 Å². The number of nitrogens with zero attached hydrogens (tertiary/aromatic N) is 5. The fourth-order valence-corrected chi connectivity index (χ4v) is 2.34. The number of aryl methyl sites for hydroxylation is 1. The van der Waals surface area contributed by atoms with Crippen LogP contribution >= 0.6 is 0 Å². The van der Waals surface area contributed by atoms with Crippen LogP contribution in [-0.4, -0.2) is 32.9 Å². The molecule has 3 heterocycles. The van der Waals surface area contributed by atoms with E-state index in [1.807, 2.05) is 30.1 Å². The molecule has 3 aromatic heterocycles. The minimum absolute atomic E-state index is 0.0427. The fraction of sp³-hybridized carbons (Fsp3) is 0.235. The number of rotatable bonds is 5. The largest absolute Gasteiger partial charge is 0.359 e. The Balaban J connectivity index is 1.76. The molecule has 0 unspecified atom stereocenters. The molecule has 3 aromatic rings. The molecular weight excluding hydrogens is 306 g/mol. The van der Waals surface area contributed by atoms with Crippen molar-refractivity contribution < 1.29 is 9.32 Å². The van der Waals surface area contributed by atoms with Gasteiger partial charge in [-0.1, -0.05) is 5.16 Å². The van der Waals surface area contributed by atoms with E-state index in [0.29, 0.717) is 29.5 Å². The van der Waals surface area contributed by atoms with Crippen LogP contribution in [0.4, 0.5) is 5.95 Å². The highest BCUT2D eigenvalue weighted by atomic mass is 16.5. The van der Waals surface area contributed by atoms with Crippen LogP contribution in [0.25, 0.3) is 11.3 Å². The first-order valence-electron chi connectivity index (χ1n) is 7.46. The summed E-state index contributed by atoms with van der Waals surface area (Å²) in [6, 6.07) is 5.62. The number of carbonyl (C=O) groups excluding carboxylic acids is 1. The second-order valence-corrected chi connectivity index (χ2v) is 5.50. The number of Topliss-reactive ketones (excluding diaryl/α,β-unsaturated/α-hetero) is 1. The third kappa shape index (κ3) is 3.29. The zero-order valence-corrected chi connectivity index (χ0v) is 13.7. The summed E-state index contributed by atoms with van der Waals surface area (Å²) in [5, 5.41) is 4.07. The Hall–Kier alpha value is -3.09. The first-order chi connectivity index (χ1) is 11.5. The van der Waals surface area contributed by atoms with E-state index in [4.69, 9.17) is 4.52 Å². The van der Waals surface area contributed by atoms with E-state index in [9.17, 15) is 4.79 Å². The highest BCUT2D eigenvalue weighted by molar-refractivity contribution is 5.94. The number of hydrogen-bond acceptors (Lipinski definition) is 7. The summed E-state index contributed by atoms with van der Waals surface area (Å²) in [4.78, 5) is 25.9. The number of pyridine rings is 1. The van der Waals surface area contributed by atoms with Crippen molar-refractivity contribution in [3.63, 3.8) is 0 Å². The molecule has 0 fully saturated rings. The van der Waals surface area contributed by atoms with Gasteiger partial charge in [0.25, 0.3) is 0 Å². The number of ketones is 1. The van der Waals surface area contributed by atoms with Gasteiger partial charge in [-0.3, -0.25) is 9.78 Å². The fourth-order valence-electron chi connectivity index (χ4n) is 2.34. The Bertz CT molecular complexity index is 860. The molecule has 122 valence electrons. The molecule has 0 radical (unpaired) electrons. The number of aromatic nitrogens is 4. The lowest BCUT2D eigenvalue weighted by Crippen LogP contribution is -2.19. The maximum atomic E-state index is 11.5. The maximum Gasteiger partial charge on any atom is 0.225 e. The molecule has 0 spiro atoms. The van der Waals surface area contributed by atoms with Gasteiger partial charge in [-0.25, -0.2) is 9.97 Å². The van der Waals surface area contributed by atoms with Crippen molar-refractivity contribution in [3.05, 3.63) is 53.8 Å². The minimum Gasteiger partial charge on any atom is -0.359 e. The Morgan fingerprint density at radius 1 is 1.29 bits per heavy atom. The second kappa shape index (κ2) is 6.57. The van der Waals surface area contributed by atoms with Gasteiger partial charge in [0.1, 0.15) is 5.69 Å². The van der Waals surface area contributed by atoms with Crippen molar-refractivity contribution in [2.45, 2.75) is 20.4 Å². The Morgan fingerprint density at radius 2 is 2.04 bits per heavy atom. The predicted molar refractivity (Wildman–Crippen MR) is 88.6 cm³/mol. The van der Waals surface area contributed by atoms with Crippen molar-refractivity contribution in [2.75, 3.05) is 11.9 Å². The van der Waals surface area contributed by atoms with E-state index in [0.717, 1.165) is 11.3 Å². The third-order valence-electron chi connectivity index (χ3n) is 3.62. The van der Waals surface area contributed by atoms with Crippen LogP contribution in [0, 0.1) is 6.92 Å². The van der Waals surface area contributed by atoms with Gasteiger partial charge in [0.15, 0.2) is 11.5 Å². The molecule has 0 aliphatic rings. The zero-order valence-electron chi connectivity index (χ0n) is 13.7. The van der Waals surface area contributed by atoms with Gasteiger partial charge in [-0.15, -0.1) is 0 Å². The van der Waals surface area contributed by atoms with Crippen LogP contribution in [0.2, 0.25) is 0 Å². The average molecular weight is 323 g/mol. The summed E-state index contributed by atoms with van der Waals surface area (Å²) >= 11 is 0. The lowest BCUT2D eigenvalue weighted by Gasteiger charge is -2.15. The number of carbonyl (C=O) groups is 1. The molecule has 24 heavy (non-hydrogen) atoms. The normalized spacial score (nSPS) is 10.6. The SMILES string of the molecule is CC(=O)c1cnc(N(C)Cc2cc(-c3ccncc3)no2)nc1C. The summed E-state index contributed by atoms with van der Waals surface area (Å²) in [5.41, 5.74) is 2.89. The summed E-state index contributed by atoms with van der Waals surface area (Å²) in [7, 11) is 1.86. The molecule has 7 nitrogen and oxygen atoms in total. The average Bonchev–Trinajstić information content (AvgIpc) is 3.03. The molecule has 0 amide bonds. The van der Waals surface area contributed by atoms with Crippen LogP contribution in [-0.2, 0) is 6.54 Å². The Kier molecular flexibility index (Phi) is 4.33. The van der Waals surface area contributed by atoms with Crippen LogP contribution in [0.3, 0.4) is 0 Å². The van der Waals surface area contributed by atoms with Crippen LogP contribution in [0.1, 0.15) is 28.7 Å². The molecular formula is C17H17N5O2. The highest BCUT2D eigenvalue weighted by Crippen LogP contribution is 2.20. The summed E-state index contributed by atoms with van der Waals surface area (Å²) < 4.78 is 5.38. The zero-order chi connectivity index (χ0) is 17.1. The molecule has 0 saturated carbocycles. The van der Waals surface area contributed by atoms with E-state index in [1.54, 1.807) is 25.5 Å². The summed E-state index contributed by atoms with van der Waals surface area (Å²) in [6.45, 7) is 3.77. The standard InChI is InChI=1S/C17H17N5O2/c1-11-15(12(2)23)9-19-17(20-11)22(3)10-14-8-16(21-24-14)13-4-6-18-7-5-13/h4-9H,10H2,1-3H3. The molecule has 0 aromatic carbocycles. The van der Waals surface area contributed by atoms with E-state index in [2.05, 4.69) is 20.1 Å². The smallest absolute Gasteiger partial charge is 0.225 e. The number of hydrogen-bond donors (Lipinski definition) is 0.